The van der Waals surface area contributed by atoms with Crippen molar-refractivity contribution in [2.45, 2.75) is 19.4 Å². The number of nitrogens with zero attached hydrogens (tertiary/aromatic N) is 1. The fourth-order valence-electron chi connectivity index (χ4n) is 2.36. The SMILES string of the molecule is COc1cc(NC2CCN(C)C2)ccc1NC(C)=O. The Bertz CT molecular complexity index is 462. The minimum Gasteiger partial charge on any atom is -0.494 e. The van der Waals surface area contributed by atoms with Gasteiger partial charge in [-0.3, -0.25) is 4.79 Å². The zero-order chi connectivity index (χ0) is 13.8. The van der Waals surface area contributed by atoms with Crippen LogP contribution in [0.15, 0.2) is 18.2 Å². The highest BCUT2D eigenvalue weighted by Crippen LogP contribution is 2.28. The molecule has 5 heteroatoms. The molecule has 1 atom stereocenters. The lowest BCUT2D eigenvalue weighted by Crippen LogP contribution is -2.23. The third-order valence-corrected chi connectivity index (χ3v) is 3.27. The molecular formula is C14H21N3O2. The van der Waals surface area contributed by atoms with Crippen LogP contribution >= 0.6 is 0 Å². The Hall–Kier alpha value is -1.75. The average Bonchev–Trinajstić information content (AvgIpc) is 2.76. The summed E-state index contributed by atoms with van der Waals surface area (Å²) in [6.45, 7) is 3.66. The van der Waals surface area contributed by atoms with E-state index in [0.717, 1.165) is 25.2 Å². The Morgan fingerprint density at radius 3 is 2.84 bits per heavy atom. The molecular weight excluding hydrogens is 242 g/mol. The number of carbonyl (C=O) groups excluding carboxylic acids is 1. The summed E-state index contributed by atoms with van der Waals surface area (Å²) < 4.78 is 5.31. The number of nitrogens with one attached hydrogen (secondary N) is 2. The van der Waals surface area contributed by atoms with Crippen LogP contribution in [0.3, 0.4) is 0 Å². The van der Waals surface area contributed by atoms with Crippen molar-refractivity contribution in [3.63, 3.8) is 0 Å². The summed E-state index contributed by atoms with van der Waals surface area (Å²) >= 11 is 0. The van der Waals surface area contributed by atoms with Gasteiger partial charge in [-0.25, -0.2) is 0 Å². The summed E-state index contributed by atoms with van der Waals surface area (Å²) in [6, 6.07) is 6.22. The van der Waals surface area contributed by atoms with E-state index in [1.165, 1.54) is 6.92 Å². The first-order valence-electron chi connectivity index (χ1n) is 6.49. The van der Waals surface area contributed by atoms with Gasteiger partial charge < -0.3 is 20.3 Å². The number of methoxy groups -OCH3 is 1. The molecule has 2 N–H and O–H groups in total. The number of benzene rings is 1. The monoisotopic (exact) mass is 263 g/mol. The zero-order valence-electron chi connectivity index (χ0n) is 11.7. The van der Waals surface area contributed by atoms with Gasteiger partial charge in [-0.1, -0.05) is 0 Å². The third kappa shape index (κ3) is 3.61. The van der Waals surface area contributed by atoms with E-state index in [0.29, 0.717) is 17.5 Å². The maximum atomic E-state index is 11.1. The van der Waals surface area contributed by atoms with Gasteiger partial charge >= 0.3 is 0 Å². The van der Waals surface area contributed by atoms with Crippen molar-refractivity contribution in [1.82, 2.24) is 4.90 Å². The minimum atomic E-state index is -0.101. The molecule has 1 unspecified atom stereocenters. The highest BCUT2D eigenvalue weighted by atomic mass is 16.5. The number of anilines is 2. The van der Waals surface area contributed by atoms with E-state index in [1.807, 2.05) is 18.2 Å². The molecule has 1 saturated heterocycles. The second kappa shape index (κ2) is 5.93. The standard InChI is InChI=1S/C14H21N3O2/c1-10(18)15-13-5-4-11(8-14(13)19-3)16-12-6-7-17(2)9-12/h4-5,8,12,16H,6-7,9H2,1-3H3,(H,15,18). The molecule has 2 rings (SSSR count). The van der Waals surface area contributed by atoms with Gasteiger partial charge in [-0.05, 0) is 32.1 Å². The first-order valence-corrected chi connectivity index (χ1v) is 6.49. The Morgan fingerprint density at radius 2 is 2.26 bits per heavy atom. The van der Waals surface area contributed by atoms with Gasteiger partial charge in [-0.15, -0.1) is 0 Å². The van der Waals surface area contributed by atoms with Crippen LogP contribution in [0.25, 0.3) is 0 Å². The predicted octanol–water partition coefficient (Wildman–Crippen LogP) is 1.77. The van der Waals surface area contributed by atoms with Crippen LogP contribution in [0.4, 0.5) is 11.4 Å². The molecule has 0 aliphatic carbocycles. The first-order chi connectivity index (χ1) is 9.08. The molecule has 1 aromatic carbocycles. The van der Waals surface area contributed by atoms with Gasteiger partial charge in [-0.2, -0.15) is 0 Å². The molecule has 1 aliphatic rings. The molecule has 1 heterocycles. The van der Waals surface area contributed by atoms with Gasteiger partial charge in [0.1, 0.15) is 5.75 Å². The summed E-state index contributed by atoms with van der Waals surface area (Å²) in [7, 11) is 3.73. The van der Waals surface area contributed by atoms with Crippen LogP contribution in [0.2, 0.25) is 0 Å². The van der Waals surface area contributed by atoms with Crippen molar-refractivity contribution in [3.05, 3.63) is 18.2 Å². The summed E-state index contributed by atoms with van der Waals surface area (Å²) in [5, 5.41) is 6.24. The van der Waals surface area contributed by atoms with Crippen LogP contribution in [0, 0.1) is 0 Å². The Balaban J connectivity index is 2.08. The number of likely N-dealkylation sites (tertiary alicyclic amines) is 1. The van der Waals surface area contributed by atoms with Gasteiger partial charge in [0.2, 0.25) is 5.91 Å². The number of likely N-dealkylation sites (N-methyl/N-ethyl adjacent to an activating group) is 1. The summed E-state index contributed by atoms with van der Waals surface area (Å²) in [6.07, 6.45) is 1.15. The second-order valence-corrected chi connectivity index (χ2v) is 4.99. The van der Waals surface area contributed by atoms with Gasteiger partial charge in [0.15, 0.2) is 0 Å². The molecule has 0 saturated carbocycles. The Kier molecular flexibility index (Phi) is 4.27. The van der Waals surface area contributed by atoms with E-state index in [9.17, 15) is 4.79 Å². The van der Waals surface area contributed by atoms with Crippen LogP contribution < -0.4 is 15.4 Å². The molecule has 0 radical (unpaired) electrons. The molecule has 1 aliphatic heterocycles. The average molecular weight is 263 g/mol. The third-order valence-electron chi connectivity index (χ3n) is 3.27. The largest absolute Gasteiger partial charge is 0.494 e. The molecule has 5 nitrogen and oxygen atoms in total. The van der Waals surface area contributed by atoms with Gasteiger partial charge in [0.05, 0.1) is 12.8 Å². The highest BCUT2D eigenvalue weighted by Gasteiger charge is 2.19. The zero-order valence-corrected chi connectivity index (χ0v) is 11.7. The summed E-state index contributed by atoms with van der Waals surface area (Å²) in [4.78, 5) is 13.4. The van der Waals surface area contributed by atoms with Crippen molar-refractivity contribution < 1.29 is 9.53 Å². The van der Waals surface area contributed by atoms with Crippen LogP contribution in [-0.2, 0) is 4.79 Å². The van der Waals surface area contributed by atoms with Crippen molar-refractivity contribution in [2.24, 2.45) is 0 Å². The predicted molar refractivity (Wildman–Crippen MR) is 76.8 cm³/mol. The molecule has 1 fully saturated rings. The maximum absolute atomic E-state index is 11.1. The van der Waals surface area contributed by atoms with Crippen molar-refractivity contribution >= 4 is 17.3 Å². The van der Waals surface area contributed by atoms with E-state index < -0.39 is 0 Å². The smallest absolute Gasteiger partial charge is 0.221 e. The van der Waals surface area contributed by atoms with E-state index in [4.69, 9.17) is 4.74 Å². The molecule has 19 heavy (non-hydrogen) atoms. The van der Waals surface area contributed by atoms with Crippen LogP contribution in [-0.4, -0.2) is 44.1 Å². The fraction of sp³-hybridized carbons (Fsp3) is 0.500. The number of hydrogen-bond donors (Lipinski definition) is 2. The molecule has 0 bridgehead atoms. The molecule has 1 aromatic rings. The lowest BCUT2D eigenvalue weighted by atomic mass is 10.2. The second-order valence-electron chi connectivity index (χ2n) is 4.99. The fourth-order valence-corrected chi connectivity index (χ4v) is 2.36. The highest BCUT2D eigenvalue weighted by molar-refractivity contribution is 5.90. The summed E-state index contributed by atoms with van der Waals surface area (Å²) in [5.74, 6) is 0.572. The minimum absolute atomic E-state index is 0.101. The molecule has 0 spiro atoms. The molecule has 0 aromatic heterocycles. The lowest BCUT2D eigenvalue weighted by molar-refractivity contribution is -0.114. The van der Waals surface area contributed by atoms with E-state index in [1.54, 1.807) is 7.11 Å². The van der Waals surface area contributed by atoms with Gasteiger partial charge in [0.25, 0.3) is 0 Å². The first kappa shape index (κ1) is 13.7. The number of carbonyl (C=O) groups is 1. The molecule has 1 amide bonds. The molecule has 104 valence electrons. The topological polar surface area (TPSA) is 53.6 Å². The van der Waals surface area contributed by atoms with E-state index in [-0.39, 0.29) is 5.91 Å². The Morgan fingerprint density at radius 1 is 1.47 bits per heavy atom. The number of ether oxygens (including phenoxy) is 1. The van der Waals surface area contributed by atoms with E-state index >= 15 is 0 Å². The Labute approximate surface area is 113 Å². The quantitative estimate of drug-likeness (QED) is 0.869. The maximum Gasteiger partial charge on any atom is 0.221 e. The number of amides is 1. The van der Waals surface area contributed by atoms with Crippen molar-refractivity contribution in [1.29, 1.82) is 0 Å². The number of hydrogen-bond acceptors (Lipinski definition) is 4. The lowest BCUT2D eigenvalue weighted by Gasteiger charge is -2.16. The van der Waals surface area contributed by atoms with Crippen molar-refractivity contribution in [3.8, 4) is 5.75 Å². The van der Waals surface area contributed by atoms with E-state index in [2.05, 4.69) is 22.6 Å². The number of rotatable bonds is 4. The van der Waals surface area contributed by atoms with Crippen molar-refractivity contribution in [2.75, 3.05) is 37.9 Å². The normalized spacial score (nSPS) is 19.2. The van der Waals surface area contributed by atoms with Crippen LogP contribution in [0.1, 0.15) is 13.3 Å². The summed E-state index contributed by atoms with van der Waals surface area (Å²) in [5.41, 5.74) is 1.72. The van der Waals surface area contributed by atoms with Crippen LogP contribution in [0.5, 0.6) is 5.75 Å². The van der Waals surface area contributed by atoms with Gasteiger partial charge in [0, 0.05) is 31.3 Å².